The van der Waals surface area contributed by atoms with Gasteiger partial charge < -0.3 is 19.9 Å². The van der Waals surface area contributed by atoms with Crippen LogP contribution in [0.1, 0.15) is 33.6 Å². The standard InChI is InChI=1S/C22H24ClFN6O2/c1-22(2,3)32-21(31)30-6-4-5-13(12-30)8-25-20-17(24)11-28-19(29-20)16-10-27-18-15(16)7-14(23)9-26-18/h7-11H,4-6,12H2,1-3H3,(H,26,27)(H,25,28,29)/b13-8+. The fourth-order valence-corrected chi connectivity index (χ4v) is 3.59. The number of H-pyrrole nitrogens is 1. The molecule has 1 amide bonds. The lowest BCUT2D eigenvalue weighted by atomic mass is 10.1. The number of rotatable bonds is 3. The molecule has 0 radical (unpaired) electrons. The Kier molecular flexibility index (Phi) is 6.01. The Bertz CT molecular complexity index is 1190. The van der Waals surface area contributed by atoms with Crippen molar-refractivity contribution in [2.45, 2.75) is 39.2 Å². The molecule has 4 heterocycles. The van der Waals surface area contributed by atoms with Gasteiger partial charge in [0.25, 0.3) is 0 Å². The van der Waals surface area contributed by atoms with E-state index in [9.17, 15) is 9.18 Å². The molecule has 1 aliphatic rings. The van der Waals surface area contributed by atoms with E-state index in [2.05, 4.69) is 25.3 Å². The number of nitrogens with zero attached hydrogens (tertiary/aromatic N) is 4. The van der Waals surface area contributed by atoms with Crippen molar-refractivity contribution in [3.63, 3.8) is 0 Å². The summed E-state index contributed by atoms with van der Waals surface area (Å²) in [6, 6.07) is 1.75. The van der Waals surface area contributed by atoms with Gasteiger partial charge in [-0.2, -0.15) is 0 Å². The predicted octanol–water partition coefficient (Wildman–Crippen LogP) is 5.14. The molecular formula is C22H24ClFN6O2. The lowest BCUT2D eigenvalue weighted by Gasteiger charge is -2.31. The van der Waals surface area contributed by atoms with Crippen LogP contribution in [0.5, 0.6) is 0 Å². The van der Waals surface area contributed by atoms with Crippen molar-refractivity contribution >= 4 is 34.5 Å². The first-order valence-electron chi connectivity index (χ1n) is 10.3. The van der Waals surface area contributed by atoms with Crippen molar-refractivity contribution in [3.05, 3.63) is 47.3 Å². The van der Waals surface area contributed by atoms with Crippen molar-refractivity contribution in [1.29, 1.82) is 0 Å². The fourth-order valence-electron chi connectivity index (χ4n) is 3.43. The van der Waals surface area contributed by atoms with Crippen LogP contribution in [-0.2, 0) is 4.74 Å². The Hall–Kier alpha value is -3.20. The number of anilines is 1. The van der Waals surface area contributed by atoms with Crippen LogP contribution in [-0.4, -0.2) is 49.6 Å². The van der Waals surface area contributed by atoms with Crippen LogP contribution >= 0.6 is 11.6 Å². The summed E-state index contributed by atoms with van der Waals surface area (Å²) >= 11 is 6.06. The number of amides is 1. The Labute approximate surface area is 189 Å². The maximum absolute atomic E-state index is 14.4. The minimum atomic E-state index is -0.582. The van der Waals surface area contributed by atoms with E-state index in [-0.39, 0.29) is 11.9 Å². The molecule has 1 fully saturated rings. The molecule has 3 aromatic heterocycles. The van der Waals surface area contributed by atoms with Crippen LogP contribution in [0.15, 0.2) is 36.4 Å². The number of ether oxygens (including phenoxy) is 1. The van der Waals surface area contributed by atoms with Crippen LogP contribution in [0.4, 0.5) is 15.0 Å². The lowest BCUT2D eigenvalue weighted by Crippen LogP contribution is -2.40. The number of fused-ring (bicyclic) bond motifs is 1. The monoisotopic (exact) mass is 458 g/mol. The highest BCUT2D eigenvalue weighted by atomic mass is 35.5. The van der Waals surface area contributed by atoms with E-state index in [1.54, 1.807) is 29.6 Å². The molecule has 32 heavy (non-hydrogen) atoms. The average Bonchev–Trinajstić information content (AvgIpc) is 3.15. The van der Waals surface area contributed by atoms with Gasteiger partial charge in [-0.1, -0.05) is 11.6 Å². The zero-order valence-electron chi connectivity index (χ0n) is 18.1. The number of pyridine rings is 1. The summed E-state index contributed by atoms with van der Waals surface area (Å²) in [6.07, 6.45) is 7.30. The molecule has 0 unspecified atom stereocenters. The van der Waals surface area contributed by atoms with Gasteiger partial charge in [0.1, 0.15) is 11.2 Å². The number of hydrogen-bond donors (Lipinski definition) is 2. The lowest BCUT2D eigenvalue weighted by molar-refractivity contribution is 0.0246. The van der Waals surface area contributed by atoms with Gasteiger partial charge in [0, 0.05) is 42.6 Å². The second kappa shape index (κ2) is 8.74. The first-order chi connectivity index (χ1) is 15.2. The summed E-state index contributed by atoms with van der Waals surface area (Å²) in [5.74, 6) is -0.204. The molecule has 0 saturated carbocycles. The molecule has 0 atom stereocenters. The number of hydrogen-bond acceptors (Lipinski definition) is 6. The third-order valence-corrected chi connectivity index (χ3v) is 5.07. The van der Waals surface area contributed by atoms with E-state index in [1.807, 2.05) is 20.8 Å². The number of aromatic amines is 1. The van der Waals surface area contributed by atoms with Crippen LogP contribution in [0.2, 0.25) is 5.02 Å². The van der Waals surface area contributed by atoms with E-state index < -0.39 is 11.4 Å². The fraction of sp³-hybridized carbons (Fsp3) is 0.364. The van der Waals surface area contributed by atoms with Gasteiger partial charge in [0.2, 0.25) is 0 Å². The molecule has 1 aliphatic heterocycles. The summed E-state index contributed by atoms with van der Waals surface area (Å²) in [5, 5.41) is 4.16. The SMILES string of the molecule is CC(C)(C)OC(=O)N1CCC/C(=C\Nc2nc(-c3c[nH]c4ncc(Cl)cc34)ncc2F)C1. The van der Waals surface area contributed by atoms with Gasteiger partial charge >= 0.3 is 6.09 Å². The predicted molar refractivity (Wildman–Crippen MR) is 121 cm³/mol. The highest BCUT2D eigenvalue weighted by Gasteiger charge is 2.25. The average molecular weight is 459 g/mol. The topological polar surface area (TPSA) is 96.0 Å². The van der Waals surface area contributed by atoms with Crippen LogP contribution in [0.3, 0.4) is 0 Å². The van der Waals surface area contributed by atoms with Crippen LogP contribution in [0, 0.1) is 5.82 Å². The van der Waals surface area contributed by atoms with E-state index in [4.69, 9.17) is 16.3 Å². The molecular weight excluding hydrogens is 435 g/mol. The zero-order valence-corrected chi connectivity index (χ0v) is 18.8. The van der Waals surface area contributed by atoms with Gasteiger partial charge in [-0.3, -0.25) is 0 Å². The van der Waals surface area contributed by atoms with Crippen molar-refractivity contribution in [1.82, 2.24) is 24.8 Å². The van der Waals surface area contributed by atoms with E-state index in [0.717, 1.165) is 30.0 Å². The Morgan fingerprint density at radius 2 is 2.16 bits per heavy atom. The van der Waals surface area contributed by atoms with Gasteiger partial charge in [0.15, 0.2) is 17.5 Å². The summed E-state index contributed by atoms with van der Waals surface area (Å²) in [7, 11) is 0. The minimum absolute atomic E-state index is 0.0428. The molecule has 0 spiro atoms. The number of aromatic nitrogens is 4. The zero-order chi connectivity index (χ0) is 22.9. The molecule has 0 aromatic carbocycles. The number of piperidine rings is 1. The number of likely N-dealkylation sites (tertiary alicyclic amines) is 1. The van der Waals surface area contributed by atoms with Gasteiger partial charge in [0.05, 0.1) is 11.2 Å². The second-order valence-electron chi connectivity index (χ2n) is 8.59. The molecule has 0 bridgehead atoms. The molecule has 8 nitrogen and oxygen atoms in total. The van der Waals surface area contributed by atoms with Crippen LogP contribution < -0.4 is 5.32 Å². The molecule has 2 N–H and O–H groups in total. The normalized spacial score (nSPS) is 15.9. The number of carbonyl (C=O) groups is 1. The highest BCUT2D eigenvalue weighted by Crippen LogP contribution is 2.28. The maximum Gasteiger partial charge on any atom is 0.410 e. The van der Waals surface area contributed by atoms with Crippen molar-refractivity contribution in [3.8, 4) is 11.4 Å². The quantitative estimate of drug-likeness (QED) is 0.564. The van der Waals surface area contributed by atoms with Crippen molar-refractivity contribution in [2.75, 3.05) is 18.4 Å². The molecule has 1 saturated heterocycles. The van der Waals surface area contributed by atoms with Crippen molar-refractivity contribution < 1.29 is 13.9 Å². The van der Waals surface area contributed by atoms with Gasteiger partial charge in [-0.15, -0.1) is 0 Å². The smallest absolute Gasteiger partial charge is 0.410 e. The summed E-state index contributed by atoms with van der Waals surface area (Å²) < 4.78 is 19.8. The summed E-state index contributed by atoms with van der Waals surface area (Å²) in [4.78, 5) is 29.7. The Morgan fingerprint density at radius 1 is 1.34 bits per heavy atom. The van der Waals surface area contributed by atoms with Gasteiger partial charge in [-0.05, 0) is 45.3 Å². The third-order valence-electron chi connectivity index (χ3n) is 4.87. The number of carbonyl (C=O) groups excluding carboxylic acids is 1. The molecule has 0 aliphatic carbocycles. The van der Waals surface area contributed by atoms with E-state index in [1.165, 1.54) is 0 Å². The van der Waals surface area contributed by atoms with Gasteiger partial charge in [-0.25, -0.2) is 24.1 Å². The van der Waals surface area contributed by atoms with E-state index >= 15 is 0 Å². The first-order valence-corrected chi connectivity index (χ1v) is 10.7. The van der Waals surface area contributed by atoms with Crippen LogP contribution in [0.25, 0.3) is 22.4 Å². The Morgan fingerprint density at radius 3 is 2.94 bits per heavy atom. The number of halogens is 2. The first kappa shape index (κ1) is 22.0. The third kappa shape index (κ3) is 4.99. The minimum Gasteiger partial charge on any atom is -0.444 e. The highest BCUT2D eigenvalue weighted by molar-refractivity contribution is 6.31. The molecule has 4 rings (SSSR count). The second-order valence-corrected chi connectivity index (χ2v) is 9.03. The molecule has 168 valence electrons. The molecule has 10 heteroatoms. The summed E-state index contributed by atoms with van der Waals surface area (Å²) in [6.45, 7) is 6.53. The summed E-state index contributed by atoms with van der Waals surface area (Å²) in [5.41, 5.74) is 1.70. The molecule has 3 aromatic rings. The van der Waals surface area contributed by atoms with Crippen molar-refractivity contribution in [2.24, 2.45) is 0 Å². The maximum atomic E-state index is 14.4. The van der Waals surface area contributed by atoms with E-state index in [0.29, 0.717) is 35.1 Å². The number of nitrogens with one attached hydrogen (secondary N) is 2. The Balaban J connectivity index is 1.53. The largest absolute Gasteiger partial charge is 0.444 e.